The van der Waals surface area contributed by atoms with Gasteiger partial charge in [0.25, 0.3) is 5.56 Å². The first-order valence-corrected chi connectivity index (χ1v) is 10.5. The van der Waals surface area contributed by atoms with Gasteiger partial charge in [0.15, 0.2) is 5.78 Å². The monoisotopic (exact) mass is 442 g/mol. The summed E-state index contributed by atoms with van der Waals surface area (Å²) in [6.45, 7) is 1.34. The first-order chi connectivity index (χ1) is 15.9. The average molecular weight is 442 g/mol. The number of carbonyl (C=O) groups excluding carboxylic acids is 2. The van der Waals surface area contributed by atoms with E-state index in [-0.39, 0.29) is 30.0 Å². The zero-order valence-corrected chi connectivity index (χ0v) is 18.3. The van der Waals surface area contributed by atoms with E-state index >= 15 is 0 Å². The third-order valence-corrected chi connectivity index (χ3v) is 5.61. The number of rotatable bonds is 7. The lowest BCUT2D eigenvalue weighted by Gasteiger charge is -2.15. The number of aromatic amines is 1. The van der Waals surface area contributed by atoms with Gasteiger partial charge in [0.05, 0.1) is 13.7 Å². The minimum Gasteiger partial charge on any atom is -0.497 e. The van der Waals surface area contributed by atoms with Gasteiger partial charge in [0.2, 0.25) is 5.78 Å². The molecule has 0 bridgehead atoms. The van der Waals surface area contributed by atoms with Gasteiger partial charge in [-0.25, -0.2) is 4.79 Å². The lowest BCUT2D eigenvalue weighted by Crippen LogP contribution is -2.38. The molecule has 0 radical (unpaired) electrons. The number of H-pyrrole nitrogens is 1. The highest BCUT2D eigenvalue weighted by Gasteiger charge is 2.24. The van der Waals surface area contributed by atoms with E-state index in [9.17, 15) is 19.2 Å². The van der Waals surface area contributed by atoms with Crippen molar-refractivity contribution >= 4 is 22.3 Å². The smallest absolute Gasteiger partial charge is 0.329 e. The molecule has 0 atom stereocenters. The first-order valence-electron chi connectivity index (χ1n) is 10.5. The van der Waals surface area contributed by atoms with Gasteiger partial charge in [-0.05, 0) is 41.5 Å². The van der Waals surface area contributed by atoms with Crippen LogP contribution in [0.15, 0.2) is 76.3 Å². The number of fused-ring (bicyclic) bond motifs is 1. The van der Waals surface area contributed by atoms with Gasteiger partial charge in [0.1, 0.15) is 11.4 Å². The quantitative estimate of drug-likeness (QED) is 0.443. The standard InChI is InChI=1S/C26H22N2O5/c1-3-19-23(24(30)21-10-6-8-16-7-4-5-9-20(16)21)28(26(32)27-25(19)31)15-22(29)17-11-13-18(33-2)14-12-17/h4-14H,3,15H2,1-2H3,(H,27,31,32). The number of hydrogen-bond acceptors (Lipinski definition) is 5. The SMILES string of the molecule is CCc1c(C(=O)c2cccc3ccccc23)n(CC(=O)c2ccc(OC)cc2)c(=O)[nH]c1=O. The highest BCUT2D eigenvalue weighted by atomic mass is 16.5. The highest BCUT2D eigenvalue weighted by Crippen LogP contribution is 2.22. The Morgan fingerprint density at radius 1 is 0.939 bits per heavy atom. The van der Waals surface area contributed by atoms with Crippen LogP contribution in [0, 0.1) is 0 Å². The number of nitrogens with one attached hydrogen (secondary N) is 1. The number of benzene rings is 3. The van der Waals surface area contributed by atoms with Crippen LogP contribution in [0.3, 0.4) is 0 Å². The molecule has 7 nitrogen and oxygen atoms in total. The Balaban J connectivity index is 1.86. The van der Waals surface area contributed by atoms with Crippen LogP contribution in [0.2, 0.25) is 0 Å². The molecule has 0 aliphatic heterocycles. The van der Waals surface area contributed by atoms with E-state index in [4.69, 9.17) is 4.74 Å². The van der Waals surface area contributed by atoms with Crippen LogP contribution >= 0.6 is 0 Å². The van der Waals surface area contributed by atoms with Crippen LogP contribution in [0.4, 0.5) is 0 Å². The molecule has 33 heavy (non-hydrogen) atoms. The average Bonchev–Trinajstić information content (AvgIpc) is 2.84. The predicted molar refractivity (Wildman–Crippen MR) is 125 cm³/mol. The van der Waals surface area contributed by atoms with Crippen LogP contribution in [0.25, 0.3) is 10.8 Å². The summed E-state index contributed by atoms with van der Waals surface area (Å²) in [5.41, 5.74) is -0.615. The molecule has 0 fully saturated rings. The van der Waals surface area contributed by atoms with Crippen LogP contribution in [-0.2, 0) is 13.0 Å². The molecule has 0 aliphatic carbocycles. The number of ketones is 2. The van der Waals surface area contributed by atoms with Crippen LogP contribution < -0.4 is 16.0 Å². The summed E-state index contributed by atoms with van der Waals surface area (Å²) in [5.74, 6) is -0.261. The van der Waals surface area contributed by atoms with E-state index in [0.29, 0.717) is 22.3 Å². The minimum atomic E-state index is -0.803. The van der Waals surface area contributed by atoms with E-state index in [2.05, 4.69) is 4.98 Å². The number of aromatic nitrogens is 2. The predicted octanol–water partition coefficient (Wildman–Crippen LogP) is 3.37. The molecule has 1 heterocycles. The topological polar surface area (TPSA) is 98.2 Å². The number of nitrogens with zero attached hydrogens (tertiary/aromatic N) is 1. The summed E-state index contributed by atoms with van der Waals surface area (Å²) in [5, 5.41) is 1.56. The second kappa shape index (κ2) is 9.08. The Morgan fingerprint density at radius 3 is 2.33 bits per heavy atom. The molecule has 0 unspecified atom stereocenters. The fourth-order valence-corrected chi connectivity index (χ4v) is 3.91. The van der Waals surface area contributed by atoms with Gasteiger partial charge in [-0.1, -0.05) is 49.4 Å². The van der Waals surface area contributed by atoms with E-state index in [1.54, 1.807) is 43.3 Å². The largest absolute Gasteiger partial charge is 0.497 e. The van der Waals surface area contributed by atoms with E-state index < -0.39 is 17.0 Å². The number of carbonyl (C=O) groups is 2. The normalized spacial score (nSPS) is 10.8. The molecule has 1 N–H and O–H groups in total. The Morgan fingerprint density at radius 2 is 1.64 bits per heavy atom. The maximum atomic E-state index is 13.7. The Hall–Kier alpha value is -4.26. The third-order valence-electron chi connectivity index (χ3n) is 5.61. The molecule has 3 aromatic carbocycles. The molecule has 0 aliphatic rings. The van der Waals surface area contributed by atoms with Gasteiger partial charge in [-0.2, -0.15) is 0 Å². The fraction of sp³-hybridized carbons (Fsp3) is 0.154. The molecule has 1 aromatic heterocycles. The van der Waals surface area contributed by atoms with Gasteiger partial charge in [-0.15, -0.1) is 0 Å². The van der Waals surface area contributed by atoms with Crippen molar-refractivity contribution in [2.45, 2.75) is 19.9 Å². The highest BCUT2D eigenvalue weighted by molar-refractivity contribution is 6.16. The summed E-state index contributed by atoms with van der Waals surface area (Å²) >= 11 is 0. The van der Waals surface area contributed by atoms with Crippen molar-refractivity contribution in [2.75, 3.05) is 7.11 Å². The van der Waals surface area contributed by atoms with Gasteiger partial charge in [-0.3, -0.25) is 23.9 Å². The van der Waals surface area contributed by atoms with Crippen molar-refractivity contribution in [2.24, 2.45) is 0 Å². The molecule has 166 valence electrons. The molecular formula is C26H22N2O5. The number of hydrogen-bond donors (Lipinski definition) is 1. The summed E-state index contributed by atoms with van der Waals surface area (Å²) in [6.07, 6.45) is 0.220. The molecule has 0 amide bonds. The zero-order chi connectivity index (χ0) is 23.5. The van der Waals surface area contributed by atoms with Crippen molar-refractivity contribution in [3.63, 3.8) is 0 Å². The van der Waals surface area contributed by atoms with Crippen molar-refractivity contribution < 1.29 is 14.3 Å². The van der Waals surface area contributed by atoms with Crippen molar-refractivity contribution in [3.05, 3.63) is 110 Å². The maximum Gasteiger partial charge on any atom is 0.329 e. The van der Waals surface area contributed by atoms with Crippen molar-refractivity contribution in [3.8, 4) is 5.75 Å². The number of methoxy groups -OCH3 is 1. The van der Waals surface area contributed by atoms with Gasteiger partial charge < -0.3 is 4.74 Å². The van der Waals surface area contributed by atoms with Crippen LogP contribution in [0.5, 0.6) is 5.75 Å². The van der Waals surface area contributed by atoms with Gasteiger partial charge in [0, 0.05) is 16.7 Å². The molecule has 0 spiro atoms. The zero-order valence-electron chi connectivity index (χ0n) is 18.3. The van der Waals surface area contributed by atoms with E-state index in [1.165, 1.54) is 7.11 Å². The summed E-state index contributed by atoms with van der Waals surface area (Å²) < 4.78 is 6.18. The Bertz CT molecular complexity index is 1470. The summed E-state index contributed by atoms with van der Waals surface area (Å²) in [6, 6.07) is 19.1. The maximum absolute atomic E-state index is 13.7. The Kier molecular flexibility index (Phi) is 6.04. The molecule has 7 heteroatoms. The first kappa shape index (κ1) is 22.0. The lowest BCUT2D eigenvalue weighted by atomic mass is 9.97. The van der Waals surface area contributed by atoms with Gasteiger partial charge >= 0.3 is 5.69 Å². The molecule has 4 rings (SSSR count). The molecule has 0 saturated heterocycles. The third kappa shape index (κ3) is 4.13. The van der Waals surface area contributed by atoms with Crippen molar-refractivity contribution in [1.29, 1.82) is 0 Å². The molecule has 4 aromatic rings. The Labute approximate surface area is 189 Å². The van der Waals surface area contributed by atoms with Crippen LogP contribution in [0.1, 0.15) is 38.9 Å². The lowest BCUT2D eigenvalue weighted by molar-refractivity contribution is 0.0964. The second-order valence-corrected chi connectivity index (χ2v) is 7.53. The second-order valence-electron chi connectivity index (χ2n) is 7.53. The van der Waals surface area contributed by atoms with E-state index in [1.807, 2.05) is 30.3 Å². The molecular weight excluding hydrogens is 420 g/mol. The van der Waals surface area contributed by atoms with Crippen LogP contribution in [-0.4, -0.2) is 28.2 Å². The van der Waals surface area contributed by atoms with Crippen molar-refractivity contribution in [1.82, 2.24) is 9.55 Å². The fourth-order valence-electron chi connectivity index (χ4n) is 3.91. The van der Waals surface area contributed by atoms with E-state index in [0.717, 1.165) is 9.95 Å². The minimum absolute atomic E-state index is 0.0653. The summed E-state index contributed by atoms with van der Waals surface area (Å²) in [7, 11) is 1.52. The molecule has 0 saturated carbocycles. The summed E-state index contributed by atoms with van der Waals surface area (Å²) in [4.78, 5) is 54.3. The number of Topliss-reactive ketones (excluding diaryl/α,β-unsaturated/α-hetero) is 1. The number of ether oxygens (including phenoxy) is 1.